The molecule has 0 aliphatic carbocycles. The Hall–Kier alpha value is -3.94. The Morgan fingerprint density at radius 1 is 0.950 bits per heavy atom. The smallest absolute Gasteiger partial charge is 0.274 e. The van der Waals surface area contributed by atoms with Crippen molar-refractivity contribution in [3.05, 3.63) is 101 Å². The van der Waals surface area contributed by atoms with Gasteiger partial charge < -0.3 is 14.5 Å². The fourth-order valence-corrected chi connectivity index (χ4v) is 5.60. The number of hydrogen-bond donors (Lipinski definition) is 0. The van der Waals surface area contributed by atoms with Crippen molar-refractivity contribution in [1.29, 1.82) is 0 Å². The predicted octanol–water partition coefficient (Wildman–Crippen LogP) is 5.51. The topological polar surface area (TPSA) is 67.7 Å². The Labute approximate surface area is 240 Å². The molecular formula is C32H33ClN4O3. The summed E-state index contributed by atoms with van der Waals surface area (Å²) >= 11 is 6.15. The summed E-state index contributed by atoms with van der Waals surface area (Å²) in [5, 5.41) is 0.623. The molecule has 0 bridgehead atoms. The number of carbonyl (C=O) groups excluding carboxylic acids is 2. The van der Waals surface area contributed by atoms with Gasteiger partial charge in [-0.3, -0.25) is 14.2 Å². The highest BCUT2D eigenvalue weighted by Crippen LogP contribution is 2.38. The molecule has 1 aromatic heterocycles. The van der Waals surface area contributed by atoms with E-state index in [1.165, 1.54) is 0 Å². The summed E-state index contributed by atoms with van der Waals surface area (Å²) in [5.41, 5.74) is 2.33. The average Bonchev–Trinajstić information content (AvgIpc) is 3.42. The highest BCUT2D eigenvalue weighted by atomic mass is 35.5. The maximum atomic E-state index is 13.8. The first-order chi connectivity index (χ1) is 19.3. The van der Waals surface area contributed by atoms with Crippen LogP contribution in [0, 0.1) is 0 Å². The second-order valence-corrected chi connectivity index (χ2v) is 10.8. The van der Waals surface area contributed by atoms with E-state index >= 15 is 0 Å². The van der Waals surface area contributed by atoms with Gasteiger partial charge in [-0.05, 0) is 68.9 Å². The zero-order chi connectivity index (χ0) is 28.3. The monoisotopic (exact) mass is 556 g/mol. The molecule has 206 valence electrons. The highest BCUT2D eigenvalue weighted by molar-refractivity contribution is 6.30. The zero-order valence-corrected chi connectivity index (χ0v) is 23.8. The first kappa shape index (κ1) is 27.6. The number of hydrogen-bond acceptors (Lipinski definition) is 5. The van der Waals surface area contributed by atoms with E-state index < -0.39 is 5.41 Å². The number of methoxy groups -OCH3 is 1. The minimum atomic E-state index is -0.618. The third kappa shape index (κ3) is 5.40. The van der Waals surface area contributed by atoms with Gasteiger partial charge in [0.15, 0.2) is 5.78 Å². The number of para-hydroxylation sites is 1. The number of piperidine rings is 1. The fraction of sp³-hybridized carbons (Fsp3) is 0.281. The van der Waals surface area contributed by atoms with Crippen molar-refractivity contribution in [2.75, 3.05) is 40.8 Å². The van der Waals surface area contributed by atoms with Gasteiger partial charge in [-0.25, -0.2) is 4.98 Å². The van der Waals surface area contributed by atoms with Crippen LogP contribution in [0.25, 0.3) is 17.1 Å². The van der Waals surface area contributed by atoms with Crippen molar-refractivity contribution in [3.63, 3.8) is 0 Å². The highest BCUT2D eigenvalue weighted by Gasteiger charge is 2.43. The number of halogens is 1. The molecule has 2 heterocycles. The lowest BCUT2D eigenvalue weighted by Gasteiger charge is -2.41. The van der Waals surface area contributed by atoms with Crippen LogP contribution in [0.15, 0.2) is 85.1 Å². The van der Waals surface area contributed by atoms with E-state index in [9.17, 15) is 9.59 Å². The zero-order valence-electron chi connectivity index (χ0n) is 23.0. The Bertz CT molecular complexity index is 1490. The Morgan fingerprint density at radius 3 is 2.25 bits per heavy atom. The molecule has 1 amide bonds. The summed E-state index contributed by atoms with van der Waals surface area (Å²) in [6.45, 7) is 1.28. The molecule has 8 heteroatoms. The minimum absolute atomic E-state index is 0.161. The number of likely N-dealkylation sites (N-methyl/N-ethyl adjacent to an activating group) is 1. The third-order valence-corrected chi connectivity index (χ3v) is 7.85. The molecule has 1 aliphatic rings. The summed E-state index contributed by atoms with van der Waals surface area (Å²) in [5.74, 6) is 1.28. The first-order valence-corrected chi connectivity index (χ1v) is 13.7. The standard InChI is InChI=1S/C32H33ClN4O3/c1-35(2)22-29(38)32(23-9-5-4-6-10-23)17-19-36(20-18-32)31(39)27-21-37(25-15-13-24(33)14-16-25)30(34-27)26-11-7-8-12-28(26)40-3/h4-16,21H,17-20,22H2,1-3H3. The number of amides is 1. The summed E-state index contributed by atoms with van der Waals surface area (Å²) in [7, 11) is 5.43. The molecule has 1 fully saturated rings. The van der Waals surface area contributed by atoms with Gasteiger partial charge in [0, 0.05) is 30.0 Å². The number of benzene rings is 3. The van der Waals surface area contributed by atoms with E-state index in [-0.39, 0.29) is 11.7 Å². The van der Waals surface area contributed by atoms with E-state index in [2.05, 4.69) is 0 Å². The molecule has 0 radical (unpaired) electrons. The van der Waals surface area contributed by atoms with Gasteiger partial charge in [0.05, 0.1) is 24.6 Å². The Kier molecular flexibility index (Phi) is 8.05. The van der Waals surface area contributed by atoms with Crippen LogP contribution < -0.4 is 4.74 Å². The molecule has 0 spiro atoms. The third-order valence-electron chi connectivity index (χ3n) is 7.60. The molecule has 1 aliphatic heterocycles. The summed E-state index contributed by atoms with van der Waals surface area (Å²) in [6, 6.07) is 25.0. The maximum Gasteiger partial charge on any atom is 0.274 e. The number of ether oxygens (including phenoxy) is 1. The van der Waals surface area contributed by atoms with E-state index in [1.807, 2.05) is 107 Å². The molecule has 7 nitrogen and oxygen atoms in total. The number of aromatic nitrogens is 2. The lowest BCUT2D eigenvalue weighted by atomic mass is 9.69. The number of likely N-dealkylation sites (tertiary alicyclic amines) is 1. The largest absolute Gasteiger partial charge is 0.496 e. The van der Waals surface area contributed by atoms with Crippen LogP contribution >= 0.6 is 11.6 Å². The van der Waals surface area contributed by atoms with E-state index in [0.717, 1.165) is 16.8 Å². The molecule has 4 aromatic rings. The minimum Gasteiger partial charge on any atom is -0.496 e. The molecular weight excluding hydrogens is 524 g/mol. The SMILES string of the molecule is COc1ccccc1-c1nc(C(=O)N2CCC(C(=O)CN(C)C)(c3ccccc3)CC2)cn1-c1ccc(Cl)cc1. The van der Waals surface area contributed by atoms with Crippen molar-refractivity contribution in [1.82, 2.24) is 19.4 Å². The predicted molar refractivity (Wildman–Crippen MR) is 157 cm³/mol. The molecule has 3 aromatic carbocycles. The van der Waals surface area contributed by atoms with Crippen molar-refractivity contribution in [2.45, 2.75) is 18.3 Å². The molecule has 0 saturated carbocycles. The van der Waals surface area contributed by atoms with E-state index in [0.29, 0.717) is 54.8 Å². The number of rotatable bonds is 8. The number of carbonyl (C=O) groups is 2. The number of imidazole rings is 1. The number of ketones is 1. The van der Waals surface area contributed by atoms with Crippen LogP contribution in [0.2, 0.25) is 5.02 Å². The molecule has 0 unspecified atom stereocenters. The van der Waals surface area contributed by atoms with Crippen molar-refractivity contribution >= 4 is 23.3 Å². The second kappa shape index (κ2) is 11.7. The van der Waals surface area contributed by atoms with Crippen molar-refractivity contribution in [3.8, 4) is 22.8 Å². The normalized spacial score (nSPS) is 14.8. The maximum absolute atomic E-state index is 13.8. The lowest BCUT2D eigenvalue weighted by Crippen LogP contribution is -2.51. The van der Waals surface area contributed by atoms with Crippen LogP contribution in [-0.4, -0.2) is 71.9 Å². The quantitative estimate of drug-likeness (QED) is 0.286. The average molecular weight is 557 g/mol. The van der Waals surface area contributed by atoms with Gasteiger partial charge in [-0.15, -0.1) is 0 Å². The van der Waals surface area contributed by atoms with Crippen LogP contribution in [0.5, 0.6) is 5.75 Å². The Morgan fingerprint density at radius 2 is 1.60 bits per heavy atom. The summed E-state index contributed by atoms with van der Waals surface area (Å²) in [4.78, 5) is 35.9. The van der Waals surface area contributed by atoms with E-state index in [1.54, 1.807) is 13.3 Å². The van der Waals surface area contributed by atoms with Gasteiger partial charge >= 0.3 is 0 Å². The van der Waals surface area contributed by atoms with Crippen molar-refractivity contribution < 1.29 is 14.3 Å². The van der Waals surface area contributed by atoms with Crippen LogP contribution in [-0.2, 0) is 10.2 Å². The molecule has 1 saturated heterocycles. The van der Waals surface area contributed by atoms with Gasteiger partial charge in [-0.1, -0.05) is 54.1 Å². The summed E-state index contributed by atoms with van der Waals surface area (Å²) in [6.07, 6.45) is 2.89. The van der Waals surface area contributed by atoms with Gasteiger partial charge in [0.25, 0.3) is 5.91 Å². The van der Waals surface area contributed by atoms with Crippen molar-refractivity contribution in [2.24, 2.45) is 0 Å². The van der Waals surface area contributed by atoms with Crippen LogP contribution in [0.3, 0.4) is 0 Å². The van der Waals surface area contributed by atoms with E-state index in [4.69, 9.17) is 21.3 Å². The van der Waals surface area contributed by atoms with Gasteiger partial charge in [0.2, 0.25) is 0 Å². The van der Waals surface area contributed by atoms with Gasteiger partial charge in [-0.2, -0.15) is 0 Å². The van der Waals surface area contributed by atoms with Crippen LogP contribution in [0.1, 0.15) is 28.9 Å². The first-order valence-electron chi connectivity index (χ1n) is 13.3. The lowest BCUT2D eigenvalue weighted by molar-refractivity contribution is -0.127. The number of nitrogens with zero attached hydrogens (tertiary/aromatic N) is 4. The molecule has 0 atom stereocenters. The summed E-state index contributed by atoms with van der Waals surface area (Å²) < 4.78 is 7.49. The Balaban J connectivity index is 1.46. The molecule has 0 N–H and O–H groups in total. The molecule has 40 heavy (non-hydrogen) atoms. The van der Waals surface area contributed by atoms with Crippen LogP contribution in [0.4, 0.5) is 0 Å². The second-order valence-electron chi connectivity index (χ2n) is 10.4. The van der Waals surface area contributed by atoms with Gasteiger partial charge in [0.1, 0.15) is 17.3 Å². The fourth-order valence-electron chi connectivity index (χ4n) is 5.48. The number of Topliss-reactive ketones (excluding diaryl/α,β-unsaturated/α-hetero) is 1. The molecule has 5 rings (SSSR count).